The van der Waals surface area contributed by atoms with Crippen molar-refractivity contribution in [1.82, 2.24) is 4.90 Å². The van der Waals surface area contributed by atoms with E-state index in [-0.39, 0.29) is 5.41 Å². The first-order chi connectivity index (χ1) is 6.80. The number of likely N-dealkylation sites (tertiary alicyclic amines) is 1. The van der Waals surface area contributed by atoms with Crippen molar-refractivity contribution in [1.29, 1.82) is 0 Å². The van der Waals surface area contributed by atoms with Gasteiger partial charge >= 0.3 is 0 Å². The third-order valence-corrected chi connectivity index (χ3v) is 4.12. The lowest BCUT2D eigenvalue weighted by Gasteiger charge is -2.36. The molecule has 0 aromatic rings. The number of hydrogen-bond acceptors (Lipinski definition) is 3. The standard InChI is InChI=1S/C11H22N2O/c12-5-6-13-7-10-3-1-2-4-11(10,8-13)9-14/h10,14H,1-9,12H2/t10-,11-/m1/s1. The summed E-state index contributed by atoms with van der Waals surface area (Å²) in [5.41, 5.74) is 5.81. The van der Waals surface area contributed by atoms with Gasteiger partial charge in [0.05, 0.1) is 6.61 Å². The molecule has 0 aromatic heterocycles. The highest BCUT2D eigenvalue weighted by Crippen LogP contribution is 2.46. The van der Waals surface area contributed by atoms with Gasteiger partial charge in [-0.05, 0) is 18.8 Å². The molecule has 1 heterocycles. The minimum atomic E-state index is 0.230. The van der Waals surface area contributed by atoms with E-state index in [1.165, 1.54) is 25.7 Å². The van der Waals surface area contributed by atoms with Crippen LogP contribution in [-0.4, -0.2) is 42.8 Å². The quantitative estimate of drug-likeness (QED) is 0.691. The summed E-state index contributed by atoms with van der Waals surface area (Å²) < 4.78 is 0. The molecule has 1 aliphatic heterocycles. The zero-order valence-corrected chi connectivity index (χ0v) is 8.91. The number of nitrogens with two attached hydrogens (primary N) is 1. The van der Waals surface area contributed by atoms with E-state index < -0.39 is 0 Å². The molecule has 3 nitrogen and oxygen atoms in total. The second kappa shape index (κ2) is 4.17. The lowest BCUT2D eigenvalue weighted by atomic mass is 9.69. The van der Waals surface area contributed by atoms with Crippen LogP contribution in [0.25, 0.3) is 0 Å². The monoisotopic (exact) mass is 198 g/mol. The minimum Gasteiger partial charge on any atom is -0.396 e. The molecule has 0 amide bonds. The normalized spacial score (nSPS) is 38.6. The third kappa shape index (κ3) is 1.69. The molecule has 0 spiro atoms. The fourth-order valence-electron chi connectivity index (χ4n) is 3.30. The molecule has 2 aliphatic rings. The molecule has 2 atom stereocenters. The van der Waals surface area contributed by atoms with Gasteiger partial charge in [-0.2, -0.15) is 0 Å². The maximum Gasteiger partial charge on any atom is 0.0502 e. The molecule has 1 aliphatic carbocycles. The molecule has 2 rings (SSSR count). The van der Waals surface area contributed by atoms with Crippen LogP contribution in [0.1, 0.15) is 25.7 Å². The lowest BCUT2D eigenvalue weighted by Crippen LogP contribution is -2.37. The number of aliphatic hydroxyl groups is 1. The Kier molecular flexibility index (Phi) is 3.10. The van der Waals surface area contributed by atoms with Crippen molar-refractivity contribution in [2.75, 3.05) is 32.8 Å². The second-order valence-corrected chi connectivity index (χ2v) is 4.99. The largest absolute Gasteiger partial charge is 0.396 e. The first-order valence-corrected chi connectivity index (χ1v) is 5.84. The zero-order valence-electron chi connectivity index (χ0n) is 8.91. The Bertz CT molecular complexity index is 198. The molecule has 82 valence electrons. The zero-order chi connectivity index (χ0) is 10.0. The summed E-state index contributed by atoms with van der Waals surface area (Å²) in [6, 6.07) is 0. The van der Waals surface area contributed by atoms with Crippen molar-refractivity contribution >= 4 is 0 Å². The van der Waals surface area contributed by atoms with Crippen molar-refractivity contribution in [2.24, 2.45) is 17.1 Å². The second-order valence-electron chi connectivity index (χ2n) is 4.99. The van der Waals surface area contributed by atoms with E-state index in [0.717, 1.165) is 32.1 Å². The van der Waals surface area contributed by atoms with Crippen LogP contribution in [-0.2, 0) is 0 Å². The van der Waals surface area contributed by atoms with E-state index in [0.29, 0.717) is 6.61 Å². The van der Waals surface area contributed by atoms with Gasteiger partial charge in [0.2, 0.25) is 0 Å². The van der Waals surface area contributed by atoms with Gasteiger partial charge in [-0.15, -0.1) is 0 Å². The highest BCUT2D eigenvalue weighted by atomic mass is 16.3. The first-order valence-electron chi connectivity index (χ1n) is 5.84. The molecular formula is C11H22N2O. The van der Waals surface area contributed by atoms with E-state index >= 15 is 0 Å². The van der Waals surface area contributed by atoms with Crippen LogP contribution in [0.3, 0.4) is 0 Å². The van der Waals surface area contributed by atoms with Crippen LogP contribution in [0, 0.1) is 11.3 Å². The SMILES string of the molecule is NCCN1C[C@H]2CCCC[C@]2(CO)C1. The number of aliphatic hydroxyl groups excluding tert-OH is 1. The van der Waals surface area contributed by atoms with Gasteiger partial charge in [0.1, 0.15) is 0 Å². The maximum atomic E-state index is 9.58. The lowest BCUT2D eigenvalue weighted by molar-refractivity contribution is 0.0584. The average Bonchev–Trinajstić information content (AvgIpc) is 2.57. The summed E-state index contributed by atoms with van der Waals surface area (Å²) in [7, 11) is 0. The van der Waals surface area contributed by atoms with Crippen LogP contribution in [0.4, 0.5) is 0 Å². The smallest absolute Gasteiger partial charge is 0.0502 e. The fourth-order valence-corrected chi connectivity index (χ4v) is 3.30. The van der Waals surface area contributed by atoms with Gasteiger partial charge in [0.15, 0.2) is 0 Å². The van der Waals surface area contributed by atoms with Gasteiger partial charge in [-0.25, -0.2) is 0 Å². The average molecular weight is 198 g/mol. The molecule has 3 heteroatoms. The van der Waals surface area contributed by atoms with Crippen molar-refractivity contribution in [3.63, 3.8) is 0 Å². The summed E-state index contributed by atoms with van der Waals surface area (Å²) in [5.74, 6) is 0.729. The van der Waals surface area contributed by atoms with Gasteiger partial charge in [0.25, 0.3) is 0 Å². The molecule has 3 N–H and O–H groups in total. The third-order valence-electron chi connectivity index (χ3n) is 4.12. The Morgan fingerprint density at radius 3 is 2.93 bits per heavy atom. The number of rotatable bonds is 3. The predicted octanol–water partition coefficient (Wildman–Crippen LogP) is 0.430. The van der Waals surface area contributed by atoms with E-state index in [9.17, 15) is 5.11 Å². The van der Waals surface area contributed by atoms with Crippen LogP contribution in [0.15, 0.2) is 0 Å². The molecule has 1 saturated carbocycles. The molecule has 0 unspecified atom stereocenters. The summed E-state index contributed by atoms with van der Waals surface area (Å²) in [5, 5.41) is 9.58. The van der Waals surface area contributed by atoms with Gasteiger partial charge in [-0.1, -0.05) is 12.8 Å². The summed E-state index contributed by atoms with van der Waals surface area (Å²) in [4.78, 5) is 2.44. The Morgan fingerprint density at radius 2 is 2.29 bits per heavy atom. The number of fused-ring (bicyclic) bond motifs is 1. The van der Waals surface area contributed by atoms with Gasteiger partial charge < -0.3 is 15.7 Å². The van der Waals surface area contributed by atoms with E-state index in [1.807, 2.05) is 0 Å². The Morgan fingerprint density at radius 1 is 1.43 bits per heavy atom. The molecule has 0 bridgehead atoms. The maximum absolute atomic E-state index is 9.58. The Hall–Kier alpha value is -0.120. The van der Waals surface area contributed by atoms with Gasteiger partial charge in [-0.3, -0.25) is 0 Å². The van der Waals surface area contributed by atoms with E-state index in [2.05, 4.69) is 4.90 Å². The highest BCUT2D eigenvalue weighted by molar-refractivity contribution is 4.98. The fraction of sp³-hybridized carbons (Fsp3) is 1.00. The Labute approximate surface area is 86.3 Å². The highest BCUT2D eigenvalue weighted by Gasteiger charge is 2.46. The topological polar surface area (TPSA) is 49.5 Å². The van der Waals surface area contributed by atoms with E-state index in [1.54, 1.807) is 0 Å². The van der Waals surface area contributed by atoms with Crippen molar-refractivity contribution < 1.29 is 5.11 Å². The molecular weight excluding hydrogens is 176 g/mol. The molecule has 14 heavy (non-hydrogen) atoms. The molecule has 2 fully saturated rings. The summed E-state index contributed by atoms with van der Waals surface area (Å²) in [6.45, 7) is 4.36. The van der Waals surface area contributed by atoms with Crippen molar-refractivity contribution in [3.8, 4) is 0 Å². The van der Waals surface area contributed by atoms with E-state index in [4.69, 9.17) is 5.73 Å². The molecule has 0 radical (unpaired) electrons. The molecule has 0 aromatic carbocycles. The van der Waals surface area contributed by atoms with Gasteiger partial charge in [0, 0.05) is 31.6 Å². The Balaban J connectivity index is 2.03. The van der Waals surface area contributed by atoms with Crippen molar-refractivity contribution in [2.45, 2.75) is 25.7 Å². The summed E-state index contributed by atoms with van der Waals surface area (Å²) >= 11 is 0. The number of nitrogens with zero attached hydrogens (tertiary/aromatic N) is 1. The van der Waals surface area contributed by atoms with Crippen molar-refractivity contribution in [3.05, 3.63) is 0 Å². The number of hydrogen-bond donors (Lipinski definition) is 2. The minimum absolute atomic E-state index is 0.230. The summed E-state index contributed by atoms with van der Waals surface area (Å²) in [6.07, 6.45) is 5.17. The van der Waals surface area contributed by atoms with Crippen LogP contribution < -0.4 is 5.73 Å². The first kappa shape index (κ1) is 10.4. The predicted molar refractivity (Wildman–Crippen MR) is 57.0 cm³/mol. The van der Waals surface area contributed by atoms with Crippen LogP contribution >= 0.6 is 0 Å². The van der Waals surface area contributed by atoms with Crippen LogP contribution in [0.5, 0.6) is 0 Å². The van der Waals surface area contributed by atoms with Crippen LogP contribution in [0.2, 0.25) is 0 Å². The molecule has 1 saturated heterocycles.